The lowest BCUT2D eigenvalue weighted by Gasteiger charge is -2.22. The van der Waals surface area contributed by atoms with E-state index in [-0.39, 0.29) is 17.3 Å². The second-order valence-corrected chi connectivity index (χ2v) is 10.3. The Bertz CT molecular complexity index is 1900. The minimum absolute atomic E-state index is 0.158. The Balaban J connectivity index is 1.26. The zero-order chi connectivity index (χ0) is 31.0. The number of carboxylic acid groups (broad SMARTS) is 2. The van der Waals surface area contributed by atoms with E-state index < -0.39 is 24.7 Å². The molecule has 5 aromatic rings. The second kappa shape index (κ2) is 11.5. The van der Waals surface area contributed by atoms with Gasteiger partial charge in [-0.3, -0.25) is 14.7 Å². The second-order valence-electron chi connectivity index (χ2n) is 10.3. The number of hydrogen-bond acceptors (Lipinski definition) is 9. The van der Waals surface area contributed by atoms with Gasteiger partial charge in [0.1, 0.15) is 12.2 Å². The number of aliphatic carboxylic acids is 1. The third-order valence-corrected chi connectivity index (χ3v) is 7.58. The van der Waals surface area contributed by atoms with E-state index in [1.807, 2.05) is 31.2 Å². The zero-order valence-electron chi connectivity index (χ0n) is 23.7. The van der Waals surface area contributed by atoms with Crippen molar-refractivity contribution in [2.24, 2.45) is 0 Å². The monoisotopic (exact) mass is 597 g/mol. The quantitative estimate of drug-likeness (QED) is 0.226. The number of H-pyrrole nitrogens is 1. The molecule has 1 unspecified atom stereocenters. The Hall–Kier alpha value is -5.70. The average molecular weight is 598 g/mol. The van der Waals surface area contributed by atoms with Gasteiger partial charge >= 0.3 is 12.1 Å². The summed E-state index contributed by atoms with van der Waals surface area (Å²) in [5.74, 6) is -0.678. The van der Waals surface area contributed by atoms with Crippen molar-refractivity contribution < 1.29 is 24.5 Å². The molecule has 1 aliphatic rings. The van der Waals surface area contributed by atoms with Crippen LogP contribution in [0.3, 0.4) is 0 Å². The summed E-state index contributed by atoms with van der Waals surface area (Å²) in [5, 5.41) is 30.3. The number of nitrogens with zero attached hydrogens (tertiary/aromatic N) is 8. The van der Waals surface area contributed by atoms with E-state index in [4.69, 9.17) is 4.74 Å². The first-order chi connectivity index (χ1) is 21.2. The molecule has 6 rings (SSSR count). The summed E-state index contributed by atoms with van der Waals surface area (Å²) in [7, 11) is 1.20. The van der Waals surface area contributed by atoms with Crippen molar-refractivity contribution in [2.45, 2.75) is 31.9 Å². The molecule has 44 heavy (non-hydrogen) atoms. The van der Waals surface area contributed by atoms with Crippen molar-refractivity contribution in [3.05, 3.63) is 88.6 Å². The number of pyridine rings is 2. The Morgan fingerprint density at radius 1 is 1.14 bits per heavy atom. The fourth-order valence-corrected chi connectivity index (χ4v) is 5.42. The molecule has 0 radical (unpaired) electrons. The molecule has 0 saturated carbocycles. The highest BCUT2D eigenvalue weighted by Gasteiger charge is 2.29. The molecular weight excluding hydrogens is 570 g/mol. The topological polar surface area (TPSA) is 194 Å². The number of carbonyl (C=O) groups is 2. The van der Waals surface area contributed by atoms with E-state index in [0.29, 0.717) is 30.1 Å². The minimum Gasteiger partial charge on any atom is -0.479 e. The zero-order valence-corrected chi connectivity index (χ0v) is 23.7. The van der Waals surface area contributed by atoms with Crippen molar-refractivity contribution in [1.82, 2.24) is 39.7 Å². The van der Waals surface area contributed by atoms with Crippen LogP contribution in [0.5, 0.6) is 0 Å². The molecule has 4 aromatic heterocycles. The number of aromatic amines is 1. The number of amides is 1. The van der Waals surface area contributed by atoms with Crippen molar-refractivity contribution in [3.63, 3.8) is 0 Å². The van der Waals surface area contributed by atoms with Gasteiger partial charge in [0.2, 0.25) is 0 Å². The molecule has 0 saturated heterocycles. The third kappa shape index (κ3) is 5.31. The summed E-state index contributed by atoms with van der Waals surface area (Å²) in [6.45, 7) is 1.58. The van der Waals surface area contributed by atoms with Crippen molar-refractivity contribution in [2.75, 3.05) is 18.6 Å². The maximum absolute atomic E-state index is 13.5. The van der Waals surface area contributed by atoms with Crippen molar-refractivity contribution in [1.29, 1.82) is 0 Å². The van der Waals surface area contributed by atoms with Crippen LogP contribution in [0.25, 0.3) is 28.2 Å². The highest BCUT2D eigenvalue weighted by molar-refractivity contribution is 5.87. The number of tetrazole rings is 1. The number of fused-ring (bicyclic) bond motifs is 1. The van der Waals surface area contributed by atoms with E-state index in [0.717, 1.165) is 33.0 Å². The standard InChI is InChI=1S/C29H27N9O6/c1-16-3-7-23(37-15-32-34-35-37)20(9-16)17-10-18-5-8-24(38(18)26(39)11-17)27-31-13-22(33-27)21-6-4-19(12-30-21)36(29(42)43)14-25(44-2)28(40)41/h3-4,6-7,9-13,15,24-25H,5,8,14H2,1-2H3,(H,31,33)(H,40,41)(H,42,43)/t24-,25?/m0/s1. The summed E-state index contributed by atoms with van der Waals surface area (Å²) in [4.78, 5) is 49.6. The lowest BCUT2D eigenvalue weighted by atomic mass is 10.0. The van der Waals surface area contributed by atoms with Gasteiger partial charge in [-0.05, 0) is 66.1 Å². The third-order valence-electron chi connectivity index (χ3n) is 7.58. The predicted octanol–water partition coefficient (Wildman–Crippen LogP) is 2.70. The van der Waals surface area contributed by atoms with Crippen LogP contribution in [0, 0.1) is 6.92 Å². The molecule has 15 nitrogen and oxygen atoms in total. The molecule has 0 fully saturated rings. The Morgan fingerprint density at radius 3 is 2.66 bits per heavy atom. The summed E-state index contributed by atoms with van der Waals surface area (Å²) >= 11 is 0. The highest BCUT2D eigenvalue weighted by Crippen LogP contribution is 2.34. The first kappa shape index (κ1) is 28.4. The highest BCUT2D eigenvalue weighted by atomic mass is 16.5. The molecule has 1 aliphatic heterocycles. The number of anilines is 1. The molecule has 0 bridgehead atoms. The molecule has 1 amide bonds. The Kier molecular flexibility index (Phi) is 7.45. The molecule has 2 atom stereocenters. The smallest absolute Gasteiger partial charge is 0.411 e. The first-order valence-corrected chi connectivity index (χ1v) is 13.6. The first-order valence-electron chi connectivity index (χ1n) is 13.6. The maximum Gasteiger partial charge on any atom is 0.411 e. The number of hydrogen-bond donors (Lipinski definition) is 3. The Labute approximate surface area is 249 Å². The molecule has 15 heteroatoms. The summed E-state index contributed by atoms with van der Waals surface area (Å²) in [5.41, 5.74) is 5.41. The Morgan fingerprint density at radius 2 is 1.98 bits per heavy atom. The van der Waals surface area contributed by atoms with Gasteiger partial charge < -0.3 is 24.5 Å². The molecule has 224 valence electrons. The fraction of sp³-hybridized carbons (Fsp3) is 0.241. The van der Waals surface area contributed by atoms with Crippen LogP contribution in [0.1, 0.15) is 29.5 Å². The van der Waals surface area contributed by atoms with Gasteiger partial charge in [-0.1, -0.05) is 11.6 Å². The van der Waals surface area contributed by atoms with Gasteiger partial charge in [0.05, 0.1) is 47.7 Å². The van der Waals surface area contributed by atoms with Crippen LogP contribution in [0.2, 0.25) is 0 Å². The fourth-order valence-electron chi connectivity index (χ4n) is 5.42. The average Bonchev–Trinajstić information content (AvgIpc) is 3.79. The van der Waals surface area contributed by atoms with E-state index in [2.05, 4.69) is 30.5 Å². The van der Waals surface area contributed by atoms with Crippen LogP contribution in [-0.2, 0) is 16.0 Å². The number of nitrogens with one attached hydrogen (secondary N) is 1. The van der Waals surface area contributed by atoms with E-state index in [1.165, 1.54) is 25.7 Å². The van der Waals surface area contributed by atoms with Gasteiger partial charge in [-0.25, -0.2) is 14.6 Å². The molecular formula is C29H27N9O6. The van der Waals surface area contributed by atoms with Gasteiger partial charge in [0, 0.05) is 24.4 Å². The predicted molar refractivity (Wildman–Crippen MR) is 156 cm³/mol. The summed E-state index contributed by atoms with van der Waals surface area (Å²) < 4.78 is 8.19. The van der Waals surface area contributed by atoms with E-state index in [1.54, 1.807) is 27.6 Å². The van der Waals surface area contributed by atoms with Crippen LogP contribution >= 0.6 is 0 Å². The summed E-state index contributed by atoms with van der Waals surface area (Å²) in [6, 6.07) is 12.3. The lowest BCUT2D eigenvalue weighted by molar-refractivity contribution is -0.147. The number of carboxylic acids is 1. The number of aryl methyl sites for hydroxylation is 2. The van der Waals surface area contributed by atoms with Crippen LogP contribution < -0.4 is 10.5 Å². The largest absolute Gasteiger partial charge is 0.479 e. The molecule has 0 spiro atoms. The van der Waals surface area contributed by atoms with Crippen LogP contribution in [-0.4, -0.2) is 81.8 Å². The SMILES string of the molecule is COC(CN(C(=O)O)c1ccc(-c2cnc([C@@H]3CCc4cc(-c5cc(C)ccc5-n5cnnn5)cc(=O)n43)[nH]2)nc1)C(=O)O. The van der Waals surface area contributed by atoms with Crippen LogP contribution in [0.4, 0.5) is 10.5 Å². The number of aromatic nitrogens is 8. The van der Waals surface area contributed by atoms with E-state index >= 15 is 0 Å². The molecule has 3 N–H and O–H groups in total. The molecule has 5 heterocycles. The number of ether oxygens (including phenoxy) is 1. The maximum atomic E-state index is 13.5. The van der Waals surface area contributed by atoms with Gasteiger partial charge in [0.25, 0.3) is 5.56 Å². The van der Waals surface area contributed by atoms with Crippen molar-refractivity contribution >= 4 is 17.7 Å². The number of benzene rings is 1. The van der Waals surface area contributed by atoms with Crippen molar-refractivity contribution in [3.8, 4) is 28.2 Å². The number of rotatable bonds is 9. The normalized spacial score (nSPS) is 14.7. The number of methoxy groups -OCH3 is 1. The van der Waals surface area contributed by atoms with Gasteiger partial charge in [-0.15, -0.1) is 5.10 Å². The van der Waals surface area contributed by atoms with Crippen LogP contribution in [0.15, 0.2) is 66.0 Å². The van der Waals surface area contributed by atoms with E-state index in [9.17, 15) is 24.6 Å². The minimum atomic E-state index is -1.34. The number of imidazole rings is 1. The van der Waals surface area contributed by atoms with Gasteiger partial charge in [-0.2, -0.15) is 4.68 Å². The molecule has 1 aromatic carbocycles. The summed E-state index contributed by atoms with van der Waals surface area (Å²) in [6.07, 6.45) is 3.13. The van der Waals surface area contributed by atoms with Gasteiger partial charge in [0.15, 0.2) is 6.10 Å². The molecule has 0 aliphatic carbocycles. The lowest BCUT2D eigenvalue weighted by Crippen LogP contribution is -2.41.